The summed E-state index contributed by atoms with van der Waals surface area (Å²) in [6.45, 7) is 41.7. The minimum atomic E-state index is 0.0829. The van der Waals surface area contributed by atoms with Crippen molar-refractivity contribution in [2.45, 2.75) is 159 Å². The predicted molar refractivity (Wildman–Crippen MR) is 157 cm³/mol. The Hall–Kier alpha value is 0.210. The van der Waals surface area contributed by atoms with Gasteiger partial charge in [0.15, 0.2) is 5.66 Å². The SMILES string of the molecule is CCN1C(C)(C(C)(CC)C(C)(CC)CC)C(CC)(CC)[N+](CC)(CC)C1(C)C(C)(C)CC.CCl. The molecule has 1 aliphatic heterocycles. The molecule has 0 aromatic rings. The fraction of sp³-hybridized carbons (Fsp3) is 1.00. The van der Waals surface area contributed by atoms with E-state index in [0.717, 1.165) is 6.54 Å². The Kier molecular flexibility index (Phi) is 11.8. The zero-order valence-electron chi connectivity index (χ0n) is 26.6. The molecule has 1 saturated heterocycles. The molecule has 1 aliphatic rings. The van der Waals surface area contributed by atoms with E-state index in [-0.39, 0.29) is 27.6 Å². The molecular weight excluding hydrogens is 436 g/mol. The fourth-order valence-corrected chi connectivity index (χ4v) is 9.84. The molecule has 0 amide bonds. The molecule has 3 heteroatoms. The van der Waals surface area contributed by atoms with Gasteiger partial charge >= 0.3 is 0 Å². The van der Waals surface area contributed by atoms with Crippen molar-refractivity contribution in [2.24, 2.45) is 16.2 Å². The number of alkyl halides is 1. The Morgan fingerprint density at radius 2 is 1.09 bits per heavy atom. The molecule has 1 heterocycles. The molecule has 0 N–H and O–H groups in total. The van der Waals surface area contributed by atoms with Crippen LogP contribution in [0.15, 0.2) is 0 Å². The average molecular weight is 502 g/mol. The van der Waals surface area contributed by atoms with Crippen molar-refractivity contribution in [3.8, 4) is 0 Å². The highest BCUT2D eigenvalue weighted by Gasteiger charge is 2.83. The third-order valence-corrected chi connectivity index (χ3v) is 13.0. The fourth-order valence-electron chi connectivity index (χ4n) is 9.84. The molecule has 0 aliphatic carbocycles. The van der Waals surface area contributed by atoms with Crippen LogP contribution in [0.3, 0.4) is 0 Å². The summed E-state index contributed by atoms with van der Waals surface area (Å²) < 4.78 is 1.22. The lowest BCUT2D eigenvalue weighted by molar-refractivity contribution is -1.02. The standard InChI is InChI=1S/C30H63N2.CH3Cl/c1-16-25(10,11)29(15)31(22-7)28(14,27(13,19-4)26(12,17-2)18-3)30(20-5,21-6)32(29,23-8)24-9;1-2/h16-24H2,1-15H3;1H3/q+1;. The van der Waals surface area contributed by atoms with Crippen LogP contribution in [0.4, 0.5) is 0 Å². The van der Waals surface area contributed by atoms with E-state index in [4.69, 9.17) is 0 Å². The summed E-state index contributed by atoms with van der Waals surface area (Å²) in [6.07, 6.45) is 8.89. The number of hydrogen-bond acceptors (Lipinski definition) is 1. The van der Waals surface area contributed by atoms with Crippen molar-refractivity contribution in [2.75, 3.05) is 26.0 Å². The summed E-state index contributed by atoms with van der Waals surface area (Å²) in [6, 6.07) is 0. The molecule has 3 unspecified atom stereocenters. The topological polar surface area (TPSA) is 3.24 Å². The minimum absolute atomic E-state index is 0.0829. The summed E-state index contributed by atoms with van der Waals surface area (Å²) in [4.78, 5) is 3.08. The smallest absolute Gasteiger partial charge is 0.158 e. The molecule has 0 radical (unpaired) electrons. The molecule has 2 nitrogen and oxygen atoms in total. The van der Waals surface area contributed by atoms with Crippen molar-refractivity contribution in [3.63, 3.8) is 0 Å². The first-order valence-electron chi connectivity index (χ1n) is 14.7. The zero-order chi connectivity index (χ0) is 27.4. The maximum atomic E-state index is 4.64. The summed E-state index contributed by atoms with van der Waals surface area (Å²) in [5, 5.41) is 0. The Morgan fingerprint density at radius 1 is 0.676 bits per heavy atom. The molecule has 0 saturated carbocycles. The largest absolute Gasteiger partial charge is 0.300 e. The van der Waals surface area contributed by atoms with Gasteiger partial charge in [-0.1, -0.05) is 89.0 Å². The van der Waals surface area contributed by atoms with E-state index < -0.39 is 0 Å². The van der Waals surface area contributed by atoms with E-state index >= 15 is 0 Å². The quantitative estimate of drug-likeness (QED) is 0.190. The van der Waals surface area contributed by atoms with Gasteiger partial charge in [0.05, 0.1) is 18.6 Å². The van der Waals surface area contributed by atoms with Crippen LogP contribution in [-0.4, -0.2) is 52.1 Å². The molecule has 0 aromatic carbocycles. The maximum Gasteiger partial charge on any atom is 0.158 e. The monoisotopic (exact) mass is 501 g/mol. The van der Waals surface area contributed by atoms with E-state index in [1.165, 1.54) is 62.5 Å². The van der Waals surface area contributed by atoms with Gasteiger partial charge < -0.3 is 4.48 Å². The molecule has 1 rings (SSSR count). The second-order valence-corrected chi connectivity index (χ2v) is 12.4. The maximum absolute atomic E-state index is 4.64. The first-order valence-corrected chi connectivity index (χ1v) is 15.5. The summed E-state index contributed by atoms with van der Waals surface area (Å²) in [5.41, 5.74) is 1.12. The highest BCUT2D eigenvalue weighted by Crippen LogP contribution is 2.71. The van der Waals surface area contributed by atoms with Gasteiger partial charge in [-0.05, 0) is 44.4 Å². The molecule has 1 fully saturated rings. The van der Waals surface area contributed by atoms with Crippen LogP contribution in [0, 0.1) is 16.2 Å². The minimum Gasteiger partial charge on any atom is -0.300 e. The van der Waals surface area contributed by atoms with Crippen LogP contribution < -0.4 is 0 Å². The van der Waals surface area contributed by atoms with E-state index in [2.05, 4.69) is 120 Å². The molecule has 3 atom stereocenters. The number of nitrogens with zero attached hydrogens (tertiary/aromatic N) is 2. The third kappa shape index (κ3) is 3.69. The lowest BCUT2D eigenvalue weighted by Gasteiger charge is -2.64. The summed E-state index contributed by atoms with van der Waals surface area (Å²) >= 11 is 4.64. The van der Waals surface area contributed by atoms with Gasteiger partial charge in [0.2, 0.25) is 0 Å². The van der Waals surface area contributed by atoms with Crippen LogP contribution in [0.1, 0.15) is 142 Å². The lowest BCUT2D eigenvalue weighted by Crippen LogP contribution is -2.76. The van der Waals surface area contributed by atoms with Crippen molar-refractivity contribution in [1.29, 1.82) is 0 Å². The van der Waals surface area contributed by atoms with E-state index in [1.54, 1.807) is 0 Å². The zero-order valence-corrected chi connectivity index (χ0v) is 27.4. The molecule has 0 spiro atoms. The van der Waals surface area contributed by atoms with Gasteiger partial charge in [-0.2, -0.15) is 0 Å². The Labute approximate surface area is 222 Å². The summed E-state index contributed by atoms with van der Waals surface area (Å²) in [5.74, 6) is 0. The number of rotatable bonds is 12. The van der Waals surface area contributed by atoms with Gasteiger partial charge in [-0.25, -0.2) is 4.90 Å². The van der Waals surface area contributed by atoms with Gasteiger partial charge in [0, 0.05) is 38.1 Å². The van der Waals surface area contributed by atoms with Crippen LogP contribution in [0.25, 0.3) is 0 Å². The van der Waals surface area contributed by atoms with Crippen molar-refractivity contribution in [3.05, 3.63) is 0 Å². The highest BCUT2D eigenvalue weighted by molar-refractivity contribution is 6.15. The third-order valence-electron chi connectivity index (χ3n) is 13.0. The predicted octanol–water partition coefficient (Wildman–Crippen LogP) is 9.75. The Balaban J connectivity index is 0.00000529. The Bertz CT molecular complexity index is 617. The molecule has 206 valence electrons. The Morgan fingerprint density at radius 3 is 1.32 bits per heavy atom. The van der Waals surface area contributed by atoms with Gasteiger partial charge in [-0.3, -0.25) is 0 Å². The van der Waals surface area contributed by atoms with Crippen molar-refractivity contribution < 1.29 is 4.48 Å². The van der Waals surface area contributed by atoms with Crippen molar-refractivity contribution >= 4 is 11.6 Å². The van der Waals surface area contributed by atoms with Crippen LogP contribution in [0.5, 0.6) is 0 Å². The van der Waals surface area contributed by atoms with Crippen LogP contribution in [0.2, 0.25) is 0 Å². The second kappa shape index (κ2) is 11.7. The van der Waals surface area contributed by atoms with Crippen LogP contribution >= 0.6 is 11.6 Å². The van der Waals surface area contributed by atoms with Gasteiger partial charge in [0.1, 0.15) is 5.54 Å². The van der Waals surface area contributed by atoms with Gasteiger partial charge in [-0.15, -0.1) is 11.6 Å². The first-order chi connectivity index (χ1) is 15.7. The molecule has 0 aromatic heterocycles. The molecule has 0 bridgehead atoms. The van der Waals surface area contributed by atoms with Crippen LogP contribution in [-0.2, 0) is 0 Å². The summed E-state index contributed by atoms with van der Waals surface area (Å²) in [7, 11) is 0. The number of halogens is 1. The lowest BCUT2D eigenvalue weighted by atomic mass is 9.47. The average Bonchev–Trinajstić information content (AvgIpc) is 3.02. The number of quaternary nitrogens is 1. The van der Waals surface area contributed by atoms with Crippen molar-refractivity contribution in [1.82, 2.24) is 4.90 Å². The first kappa shape index (κ1) is 34.2. The highest BCUT2D eigenvalue weighted by atomic mass is 35.5. The number of likely N-dealkylation sites (N-methyl/N-ethyl adjacent to an activating group) is 2. The normalized spacial score (nSPS) is 28.9. The van der Waals surface area contributed by atoms with E-state index in [9.17, 15) is 0 Å². The van der Waals surface area contributed by atoms with E-state index in [1.807, 2.05) is 0 Å². The van der Waals surface area contributed by atoms with E-state index in [0.29, 0.717) is 5.41 Å². The molecular formula is C31H66ClN2+. The number of hydrogen-bond donors (Lipinski definition) is 0. The molecule has 34 heavy (non-hydrogen) atoms. The second-order valence-electron chi connectivity index (χ2n) is 12.4. The van der Waals surface area contributed by atoms with Gasteiger partial charge in [0.25, 0.3) is 0 Å².